The van der Waals surface area contributed by atoms with Gasteiger partial charge >= 0.3 is 0 Å². The summed E-state index contributed by atoms with van der Waals surface area (Å²) in [5, 5.41) is 5.26. The molecule has 3 nitrogen and oxygen atoms in total. The van der Waals surface area contributed by atoms with Gasteiger partial charge in [-0.15, -0.1) is 0 Å². The van der Waals surface area contributed by atoms with Crippen LogP contribution in [0.25, 0.3) is 0 Å². The van der Waals surface area contributed by atoms with E-state index in [4.69, 9.17) is 17.3 Å². The van der Waals surface area contributed by atoms with E-state index in [2.05, 4.69) is 25.9 Å². The zero-order valence-corrected chi connectivity index (χ0v) is 12.6. The lowest BCUT2D eigenvalue weighted by atomic mass is 9.86. The van der Waals surface area contributed by atoms with Gasteiger partial charge in [-0.2, -0.15) is 5.10 Å². The molecule has 1 unspecified atom stereocenters. The number of nitrogens with two attached hydrogens (primary N) is 1. The SMILES string of the molecule is CCn1nc(C)c(Cl)c1CC1(N)CCC(C)(C)C1. The molecule has 1 heterocycles. The van der Waals surface area contributed by atoms with Crippen LogP contribution in [0.3, 0.4) is 0 Å². The van der Waals surface area contributed by atoms with Crippen LogP contribution in [0.2, 0.25) is 5.02 Å². The third-order valence-electron chi connectivity index (χ3n) is 4.10. The van der Waals surface area contributed by atoms with Crippen LogP contribution in [0.15, 0.2) is 0 Å². The van der Waals surface area contributed by atoms with Crippen LogP contribution in [0.1, 0.15) is 51.4 Å². The lowest BCUT2D eigenvalue weighted by Crippen LogP contribution is -2.40. The molecule has 1 aliphatic carbocycles. The second kappa shape index (κ2) is 4.53. The van der Waals surface area contributed by atoms with Crippen LogP contribution in [0, 0.1) is 12.3 Å². The van der Waals surface area contributed by atoms with Gasteiger partial charge < -0.3 is 5.73 Å². The van der Waals surface area contributed by atoms with Crippen molar-refractivity contribution in [3.8, 4) is 0 Å². The van der Waals surface area contributed by atoms with Crippen molar-refractivity contribution in [3.05, 3.63) is 16.4 Å². The fourth-order valence-corrected chi connectivity index (χ4v) is 3.44. The molecule has 0 saturated heterocycles. The molecule has 0 amide bonds. The van der Waals surface area contributed by atoms with E-state index in [9.17, 15) is 0 Å². The highest BCUT2D eigenvalue weighted by molar-refractivity contribution is 6.31. The summed E-state index contributed by atoms with van der Waals surface area (Å²) in [6.45, 7) is 9.49. The minimum Gasteiger partial charge on any atom is -0.325 e. The highest BCUT2D eigenvalue weighted by Crippen LogP contribution is 2.44. The van der Waals surface area contributed by atoms with Crippen LogP contribution in [0.4, 0.5) is 0 Å². The molecule has 1 fully saturated rings. The maximum absolute atomic E-state index is 6.57. The Kier molecular flexibility index (Phi) is 3.50. The average molecular weight is 270 g/mol. The number of rotatable bonds is 3. The van der Waals surface area contributed by atoms with E-state index in [0.29, 0.717) is 5.41 Å². The zero-order valence-electron chi connectivity index (χ0n) is 11.9. The van der Waals surface area contributed by atoms with Crippen molar-refractivity contribution in [2.75, 3.05) is 0 Å². The predicted octanol–water partition coefficient (Wildman–Crippen LogP) is 3.31. The molecule has 0 aliphatic heterocycles. The molecule has 18 heavy (non-hydrogen) atoms. The lowest BCUT2D eigenvalue weighted by molar-refractivity contribution is 0.330. The summed E-state index contributed by atoms with van der Waals surface area (Å²) in [5.41, 5.74) is 8.82. The first kappa shape index (κ1) is 13.9. The Balaban J connectivity index is 2.24. The predicted molar refractivity (Wildman–Crippen MR) is 75.9 cm³/mol. The number of aryl methyl sites for hydroxylation is 2. The average Bonchev–Trinajstić information content (AvgIpc) is 2.69. The minimum absolute atomic E-state index is 0.119. The Morgan fingerprint density at radius 2 is 2.06 bits per heavy atom. The molecule has 4 heteroatoms. The standard InChI is InChI=1S/C14H24ClN3/c1-5-18-11(12(15)10(2)17-18)8-14(16)7-6-13(3,4)9-14/h5-9,16H2,1-4H3. The van der Waals surface area contributed by atoms with Gasteiger partial charge in [-0.1, -0.05) is 25.4 Å². The Morgan fingerprint density at radius 1 is 1.39 bits per heavy atom. The highest BCUT2D eigenvalue weighted by atomic mass is 35.5. The molecule has 102 valence electrons. The highest BCUT2D eigenvalue weighted by Gasteiger charge is 2.41. The molecular formula is C14H24ClN3. The number of hydrogen-bond donors (Lipinski definition) is 1. The van der Waals surface area contributed by atoms with E-state index in [1.807, 2.05) is 11.6 Å². The van der Waals surface area contributed by atoms with Gasteiger partial charge in [-0.25, -0.2) is 0 Å². The minimum atomic E-state index is -0.119. The topological polar surface area (TPSA) is 43.8 Å². The van der Waals surface area contributed by atoms with Crippen molar-refractivity contribution < 1.29 is 0 Å². The number of nitrogens with zero attached hydrogens (tertiary/aromatic N) is 2. The molecule has 1 aromatic heterocycles. The molecule has 0 radical (unpaired) electrons. The number of halogens is 1. The van der Waals surface area contributed by atoms with Crippen LogP contribution in [0.5, 0.6) is 0 Å². The van der Waals surface area contributed by atoms with Crippen LogP contribution >= 0.6 is 11.6 Å². The number of aromatic nitrogens is 2. The van der Waals surface area contributed by atoms with E-state index in [1.54, 1.807) is 0 Å². The lowest BCUT2D eigenvalue weighted by Gasteiger charge is -2.27. The van der Waals surface area contributed by atoms with Crippen LogP contribution in [-0.4, -0.2) is 15.3 Å². The van der Waals surface area contributed by atoms with Gasteiger partial charge in [0.1, 0.15) is 0 Å². The first-order chi connectivity index (χ1) is 8.26. The normalized spacial score (nSPS) is 26.8. The monoisotopic (exact) mass is 269 g/mol. The third-order valence-corrected chi connectivity index (χ3v) is 4.59. The Bertz CT molecular complexity index is 450. The van der Waals surface area contributed by atoms with Crippen molar-refractivity contribution in [3.63, 3.8) is 0 Å². The van der Waals surface area contributed by atoms with Crippen molar-refractivity contribution in [2.45, 2.75) is 65.5 Å². The fourth-order valence-electron chi connectivity index (χ4n) is 3.24. The van der Waals surface area contributed by atoms with Gasteiger partial charge in [-0.05, 0) is 38.5 Å². The van der Waals surface area contributed by atoms with E-state index in [0.717, 1.165) is 42.2 Å². The fraction of sp³-hybridized carbons (Fsp3) is 0.786. The van der Waals surface area contributed by atoms with Crippen molar-refractivity contribution in [1.29, 1.82) is 0 Å². The third kappa shape index (κ3) is 2.57. The van der Waals surface area contributed by atoms with Gasteiger partial charge in [0.25, 0.3) is 0 Å². The van der Waals surface area contributed by atoms with E-state index < -0.39 is 0 Å². The van der Waals surface area contributed by atoms with Gasteiger partial charge in [0.05, 0.1) is 16.4 Å². The molecule has 1 atom stereocenters. The summed E-state index contributed by atoms with van der Waals surface area (Å²) in [7, 11) is 0. The molecule has 0 spiro atoms. The summed E-state index contributed by atoms with van der Waals surface area (Å²) in [4.78, 5) is 0. The quantitative estimate of drug-likeness (QED) is 0.915. The molecule has 0 bridgehead atoms. The molecule has 1 aliphatic rings. The summed E-state index contributed by atoms with van der Waals surface area (Å²) in [6, 6.07) is 0. The zero-order chi connectivity index (χ0) is 13.6. The molecule has 0 aromatic carbocycles. The van der Waals surface area contributed by atoms with E-state index >= 15 is 0 Å². The van der Waals surface area contributed by atoms with Crippen LogP contribution in [-0.2, 0) is 13.0 Å². The van der Waals surface area contributed by atoms with Gasteiger partial charge in [0.15, 0.2) is 0 Å². The largest absolute Gasteiger partial charge is 0.325 e. The van der Waals surface area contributed by atoms with Gasteiger partial charge in [-0.3, -0.25) is 4.68 Å². The first-order valence-electron chi connectivity index (χ1n) is 6.77. The number of hydrogen-bond acceptors (Lipinski definition) is 2. The Morgan fingerprint density at radius 3 is 2.56 bits per heavy atom. The maximum atomic E-state index is 6.57. The summed E-state index contributed by atoms with van der Waals surface area (Å²) < 4.78 is 2.00. The Labute approximate surface area is 115 Å². The van der Waals surface area contributed by atoms with Gasteiger partial charge in [0, 0.05) is 18.5 Å². The second-order valence-corrected chi connectivity index (χ2v) is 6.92. The smallest absolute Gasteiger partial charge is 0.0847 e. The second-order valence-electron chi connectivity index (χ2n) is 6.54. The van der Waals surface area contributed by atoms with Gasteiger partial charge in [0.2, 0.25) is 0 Å². The summed E-state index contributed by atoms with van der Waals surface area (Å²) in [5.74, 6) is 0. The van der Waals surface area contributed by atoms with Crippen molar-refractivity contribution in [2.24, 2.45) is 11.1 Å². The Hall–Kier alpha value is -0.540. The van der Waals surface area contributed by atoms with E-state index in [1.165, 1.54) is 6.42 Å². The van der Waals surface area contributed by atoms with Crippen molar-refractivity contribution >= 4 is 11.6 Å². The first-order valence-corrected chi connectivity index (χ1v) is 7.15. The maximum Gasteiger partial charge on any atom is 0.0847 e. The van der Waals surface area contributed by atoms with E-state index in [-0.39, 0.29) is 5.54 Å². The molecule has 2 rings (SSSR count). The van der Waals surface area contributed by atoms with Crippen molar-refractivity contribution in [1.82, 2.24) is 9.78 Å². The molecule has 1 aromatic rings. The summed E-state index contributed by atoms with van der Waals surface area (Å²) >= 11 is 6.37. The molecule has 1 saturated carbocycles. The summed E-state index contributed by atoms with van der Waals surface area (Å²) in [6.07, 6.45) is 4.17. The van der Waals surface area contributed by atoms with Crippen LogP contribution < -0.4 is 5.73 Å². The molecular weight excluding hydrogens is 246 g/mol. The molecule has 2 N–H and O–H groups in total.